The van der Waals surface area contributed by atoms with Crippen molar-refractivity contribution >= 4 is 113 Å². The normalized spacial score (nSPS) is 12.3. The van der Waals surface area contributed by atoms with Crippen molar-refractivity contribution in [3.05, 3.63) is 273 Å². The monoisotopic (exact) mass is 1930 g/mol. The summed E-state index contributed by atoms with van der Waals surface area (Å²) in [4.78, 5) is 192. The summed E-state index contributed by atoms with van der Waals surface area (Å²) >= 11 is 2.97. The van der Waals surface area contributed by atoms with Gasteiger partial charge in [-0.15, -0.1) is 34.0 Å². The van der Waals surface area contributed by atoms with Gasteiger partial charge < -0.3 is 58.0 Å². The van der Waals surface area contributed by atoms with E-state index in [1.807, 2.05) is 146 Å². The molecule has 6 aromatic heterocycles. The highest BCUT2D eigenvalue weighted by molar-refractivity contribution is 7.21. The summed E-state index contributed by atoms with van der Waals surface area (Å²) < 4.78 is 53.0. The molecule has 4 N–H and O–H groups in total. The first-order valence-corrected chi connectivity index (χ1v) is 45.2. The number of H-pyrrole nitrogens is 1. The number of aliphatic hydroxyl groups excluding tert-OH is 2. The lowest BCUT2D eigenvalue weighted by Crippen LogP contribution is -2.54. The van der Waals surface area contributed by atoms with Crippen molar-refractivity contribution in [2.24, 2.45) is 0 Å². The van der Waals surface area contributed by atoms with Gasteiger partial charge in [-0.25, -0.2) is 56.9 Å². The molecule has 0 aliphatic heterocycles. The number of methoxy groups -OCH3 is 4. The number of carbonyl (C=O) groups is 6. The van der Waals surface area contributed by atoms with Crippen molar-refractivity contribution in [2.75, 3.05) is 54.9 Å². The number of carboxylic acid groups (broad SMARTS) is 1. The number of rotatable bonds is 28. The van der Waals surface area contributed by atoms with Crippen LogP contribution in [0, 0.1) is 20.8 Å². The molecule has 0 fully saturated rings. The third kappa shape index (κ3) is 29.9. The zero-order valence-corrected chi connectivity index (χ0v) is 82.9. The number of aromatic amines is 1. The minimum absolute atomic E-state index is 0.00798. The maximum atomic E-state index is 14.0. The van der Waals surface area contributed by atoms with Crippen LogP contribution in [0.25, 0.3) is 30.6 Å². The van der Waals surface area contributed by atoms with Crippen LogP contribution in [0.1, 0.15) is 235 Å². The summed E-state index contributed by atoms with van der Waals surface area (Å²) in [6.07, 6.45) is 1.00. The molecule has 5 aromatic carbocycles. The smallest absolute Gasteiger partial charge is 0.373 e. The van der Waals surface area contributed by atoms with Crippen molar-refractivity contribution in [1.82, 2.24) is 27.8 Å². The summed E-state index contributed by atoms with van der Waals surface area (Å²) in [6, 6.07) is 48.2. The quantitative estimate of drug-likeness (QED) is 0.0261. The number of aliphatic carboxylic acids is 1. The predicted molar refractivity (Wildman–Crippen MR) is 511 cm³/mol. The van der Waals surface area contributed by atoms with E-state index in [0.717, 1.165) is 82.8 Å². The largest absolute Gasteiger partial charge is 0.480 e. The third-order valence-electron chi connectivity index (χ3n) is 20.4. The van der Waals surface area contributed by atoms with Gasteiger partial charge in [0, 0.05) is 28.4 Å². The third-order valence-corrected chi connectivity index (χ3v) is 24.2. The number of fused-ring (bicyclic) bond motifs is 3. The first kappa shape index (κ1) is 115. The van der Waals surface area contributed by atoms with Crippen LogP contribution in [-0.4, -0.2) is 157 Å². The van der Waals surface area contributed by atoms with Gasteiger partial charge in [0.1, 0.15) is 75.3 Å². The highest BCUT2D eigenvalue weighted by Crippen LogP contribution is 2.35. The van der Waals surface area contributed by atoms with Crippen molar-refractivity contribution in [2.45, 2.75) is 223 Å². The number of esters is 5. The Balaban J connectivity index is 0.000000356. The molecule has 37 heteroatoms. The van der Waals surface area contributed by atoms with Crippen LogP contribution < -0.4 is 33.7 Å². The summed E-state index contributed by atoms with van der Waals surface area (Å²) in [5.41, 5.74) is -4.91. The second kappa shape index (κ2) is 52.9. The second-order valence-electron chi connectivity index (χ2n) is 33.2. The Morgan fingerprint density at radius 3 is 0.970 bits per heavy atom. The lowest BCUT2D eigenvalue weighted by Gasteiger charge is -2.30. The molecule has 11 aromatic rings. The van der Waals surface area contributed by atoms with Crippen LogP contribution in [-0.2, 0) is 106 Å². The van der Waals surface area contributed by atoms with Crippen molar-refractivity contribution in [3.8, 4) is 0 Å². The summed E-state index contributed by atoms with van der Waals surface area (Å²) in [5, 5.41) is 28.4. The molecule has 730 valence electrons. The van der Waals surface area contributed by atoms with E-state index < -0.39 is 110 Å². The van der Waals surface area contributed by atoms with Gasteiger partial charge in [-0.3, -0.25) is 28.5 Å². The molecule has 135 heavy (non-hydrogen) atoms. The van der Waals surface area contributed by atoms with Crippen molar-refractivity contribution < 1.29 is 106 Å². The minimum atomic E-state index is -1.82. The zero-order chi connectivity index (χ0) is 102. The Bertz CT molecular complexity index is 6170. The van der Waals surface area contributed by atoms with Gasteiger partial charge in [0.25, 0.3) is 16.7 Å². The van der Waals surface area contributed by atoms with Gasteiger partial charge in [0.2, 0.25) is 0 Å². The van der Waals surface area contributed by atoms with E-state index >= 15 is 0 Å². The van der Waals surface area contributed by atoms with Crippen molar-refractivity contribution in [3.63, 3.8) is 0 Å². The maximum Gasteiger partial charge on any atom is 0.373 e. The summed E-state index contributed by atoms with van der Waals surface area (Å²) in [5.74, 6) is -4.52. The average molecular weight is 1930 g/mol. The molecule has 6 heterocycles. The maximum absolute atomic E-state index is 14.0. The van der Waals surface area contributed by atoms with E-state index in [1.165, 1.54) is 70.5 Å². The molecule has 11 rings (SSSR count). The van der Waals surface area contributed by atoms with Crippen LogP contribution in [0.3, 0.4) is 0 Å². The van der Waals surface area contributed by atoms with Gasteiger partial charge in [-0.05, 0) is 182 Å². The highest BCUT2D eigenvalue weighted by atomic mass is 32.1. The molecule has 0 saturated heterocycles. The molecular formula is C98H122N6O28S3. The molecule has 0 spiro atoms. The zero-order valence-electron chi connectivity index (χ0n) is 80.5. The predicted octanol–water partition coefficient (Wildman–Crippen LogP) is 14.5. The molecule has 0 unspecified atom stereocenters. The molecule has 0 radical (unpaired) electrons. The van der Waals surface area contributed by atoms with Crippen LogP contribution in [0.5, 0.6) is 0 Å². The van der Waals surface area contributed by atoms with Gasteiger partial charge >= 0.3 is 65.2 Å². The Hall–Kier alpha value is -12.6. The van der Waals surface area contributed by atoms with E-state index in [4.69, 9.17) is 66.9 Å². The van der Waals surface area contributed by atoms with Gasteiger partial charge in [0.15, 0.2) is 0 Å². The molecule has 34 nitrogen and oxygen atoms in total. The summed E-state index contributed by atoms with van der Waals surface area (Å²) in [7, 11) is 6.38. The summed E-state index contributed by atoms with van der Waals surface area (Å²) in [6.45, 7) is 33.2. The van der Waals surface area contributed by atoms with Crippen LogP contribution in [0.2, 0.25) is 0 Å². The number of benzene rings is 5. The van der Waals surface area contributed by atoms with Gasteiger partial charge in [-0.1, -0.05) is 166 Å². The SMILES string of the molecule is CCOC(=O)c1sc2[nH]c(=O)n(C(C)(C)C(=O)OC(C)(C)C)c(=O)c2c1C.CCOC(=O)c1sc2c(c1C)c(=O)n(C(C)(C)C(=O)O)c(=O)n2C[C@@H](OC)c1ccccc1.CCOC(=O)c1sc2c(c1C)c(=O)n(C(C)(C)C(=O)OC(C)(C)C)c(=O)n2C[C@@H](OC)c1ccccc1.CC[C@@H](O)c1ccccc1.CC[C@@H](OC)c1ccccc1.CO[C@H](CO)c1ccccc1.O=C=O.O=C=O. The fraction of sp³-hybridized carbons (Fsp3) is 0.429. The number of aromatic nitrogens is 6. The van der Waals surface area contributed by atoms with Crippen LogP contribution >= 0.6 is 34.0 Å². The first-order valence-electron chi connectivity index (χ1n) is 42.8. The molecule has 0 bridgehead atoms. The minimum Gasteiger partial charge on any atom is -0.480 e. The number of nitrogens with one attached hydrogen (secondary N) is 1. The number of aryl methyl sites for hydroxylation is 3. The Kier molecular flexibility index (Phi) is 44.9. The fourth-order valence-electron chi connectivity index (χ4n) is 13.4. The second-order valence-corrected chi connectivity index (χ2v) is 36.2. The molecule has 0 saturated carbocycles. The van der Waals surface area contributed by atoms with E-state index in [2.05, 4.69) is 24.0 Å². The van der Waals surface area contributed by atoms with E-state index in [0.29, 0.717) is 21.5 Å². The van der Waals surface area contributed by atoms with Crippen LogP contribution in [0.15, 0.2) is 180 Å². The van der Waals surface area contributed by atoms with Gasteiger partial charge in [-0.2, -0.15) is 19.2 Å². The number of carboxylic acids is 1. The fourth-order valence-corrected chi connectivity index (χ4v) is 16.9. The van der Waals surface area contributed by atoms with Crippen LogP contribution in [0.4, 0.5) is 0 Å². The number of aliphatic hydroxyl groups is 2. The average Bonchev–Trinajstić information content (AvgIpc) is 1.62. The Labute approximate surface area is 792 Å². The molecule has 0 amide bonds. The van der Waals surface area contributed by atoms with E-state index in [1.54, 1.807) is 97.3 Å². The standard InChI is InChI=1S/C27H34N2O7S.C23H26N2O7S.C18H24N2O6S.C10H14O.C9H12O2.C9H12O.2CO2/c1-9-35-23(31)20-16(2)19-21(30)29(27(6,7)24(32)36-26(3,4)5)25(33)28(22(19)37-20)15-18(34-8)17-13-11-10-12-14-17;1-6-32-20(27)17-13(2)16-18(26)25(23(3,4)21(28)29)22(30)24(19(16)33-17)12-15(31-5)14-10-8-7-9-11-14;1-8-25-14(22)11-9(2)10-12(27-11)19-16(24)20(13(10)21)18(6,7)15(23)26-17(3,4)5;1-3-10(11-2)9-7-5-4-6-8-9;1-11-9(7-10)8-5-3-2-4-6-8;1-2-9(10)8-6-4-3-5-7-8;2*2-1-3/h10-14,18H,9,15H2,1-8H3;7-11,15H,6,12H2,1-5H3,(H,28,29);8H2,1-7H3,(H,19,24);4-8,10H,3H2,1-2H3;2-6,9-10H,7H2,1H3;3-7,9-10H,2H2,1H3;;/t18-;15-;;10-;2*9-;;/m11.111../s1. The van der Waals surface area contributed by atoms with Gasteiger partial charge in [0.05, 0.1) is 67.9 Å². The Morgan fingerprint density at radius 2 is 0.681 bits per heavy atom. The number of nitrogens with zero attached hydrogens (tertiary/aromatic N) is 5. The lowest BCUT2D eigenvalue weighted by atomic mass is 10.0. The molecule has 5 atom stereocenters. The highest BCUT2D eigenvalue weighted by Gasteiger charge is 2.42. The molecular weight excluding hydrogens is 1810 g/mol. The number of carbonyl (C=O) groups excluding carboxylic acids is 9. The number of hydrogen-bond acceptors (Lipinski definition) is 30. The molecule has 0 aliphatic rings. The number of hydrogen-bond donors (Lipinski definition) is 4. The Morgan fingerprint density at radius 1 is 0.400 bits per heavy atom. The first-order chi connectivity index (χ1) is 63.5. The number of thiophene rings is 3. The topological polar surface area (TPSA) is 457 Å². The van der Waals surface area contributed by atoms with E-state index in [9.17, 15) is 67.7 Å². The molecule has 0 aliphatic carbocycles. The van der Waals surface area contributed by atoms with E-state index in [-0.39, 0.29) is 111 Å². The van der Waals surface area contributed by atoms with Crippen molar-refractivity contribution in [1.29, 1.82) is 0 Å². The lowest BCUT2D eigenvalue weighted by molar-refractivity contribution is -0.193. The number of ether oxygens (including phenoxy) is 9.